The summed E-state index contributed by atoms with van der Waals surface area (Å²) in [5, 5.41) is 3.78. The first kappa shape index (κ1) is 13.8. The Morgan fingerprint density at radius 3 is 2.81 bits per heavy atom. The minimum absolute atomic E-state index is 0.215. The minimum Gasteiger partial charge on any atom is -0.380 e. The second kappa shape index (κ2) is 5.73. The molecule has 0 aromatic heterocycles. The molecule has 0 radical (unpaired) electrons. The second-order valence-electron chi connectivity index (χ2n) is 7.40. The maximum atomic E-state index is 6.17. The molecule has 1 unspecified atom stereocenters. The summed E-state index contributed by atoms with van der Waals surface area (Å²) in [6, 6.07) is 9.84. The van der Waals surface area contributed by atoms with E-state index in [9.17, 15) is 0 Å². The third-order valence-corrected chi connectivity index (χ3v) is 5.43. The van der Waals surface area contributed by atoms with Crippen LogP contribution < -0.4 is 5.32 Å². The fraction of sp³-hybridized carbons (Fsp3) is 0.684. The molecule has 3 aliphatic carbocycles. The van der Waals surface area contributed by atoms with Crippen LogP contribution in [0.3, 0.4) is 0 Å². The van der Waals surface area contributed by atoms with Crippen molar-refractivity contribution in [1.82, 2.24) is 5.32 Å². The van der Waals surface area contributed by atoms with Gasteiger partial charge in [-0.25, -0.2) is 0 Å². The third kappa shape index (κ3) is 3.17. The van der Waals surface area contributed by atoms with Crippen molar-refractivity contribution in [2.24, 2.45) is 5.92 Å². The molecule has 1 aromatic carbocycles. The first-order chi connectivity index (χ1) is 10.4. The average Bonchev–Trinajstić information content (AvgIpc) is 3.40. The molecule has 114 valence electrons. The minimum atomic E-state index is 0.215. The Morgan fingerprint density at radius 2 is 2.00 bits per heavy atom. The lowest BCUT2D eigenvalue weighted by Crippen LogP contribution is -2.45. The van der Waals surface area contributed by atoms with Gasteiger partial charge in [0, 0.05) is 24.6 Å². The third-order valence-electron chi connectivity index (χ3n) is 5.43. The first-order valence-corrected chi connectivity index (χ1v) is 8.75. The predicted molar refractivity (Wildman–Crippen MR) is 85.6 cm³/mol. The van der Waals surface area contributed by atoms with Gasteiger partial charge in [0.15, 0.2) is 0 Å². The van der Waals surface area contributed by atoms with Crippen LogP contribution in [0.25, 0.3) is 0 Å². The number of benzene rings is 1. The lowest BCUT2D eigenvalue weighted by molar-refractivity contribution is 0.0663. The van der Waals surface area contributed by atoms with Crippen molar-refractivity contribution in [3.8, 4) is 0 Å². The van der Waals surface area contributed by atoms with Gasteiger partial charge in [0.2, 0.25) is 0 Å². The molecule has 0 spiro atoms. The summed E-state index contributed by atoms with van der Waals surface area (Å²) in [6.07, 6.45) is 9.30. The lowest BCUT2D eigenvalue weighted by Gasteiger charge is -2.39. The molecular weight excluding hydrogens is 258 g/mol. The molecule has 1 atom stereocenters. The number of rotatable bonds is 7. The molecule has 4 rings (SSSR count). The molecule has 3 aliphatic rings. The van der Waals surface area contributed by atoms with Crippen molar-refractivity contribution in [3.05, 3.63) is 35.4 Å². The lowest BCUT2D eigenvalue weighted by atomic mass is 9.70. The van der Waals surface area contributed by atoms with E-state index in [1.165, 1.54) is 44.9 Å². The molecule has 0 amide bonds. The normalized spacial score (nSPS) is 28.4. The molecule has 0 saturated heterocycles. The van der Waals surface area contributed by atoms with Crippen molar-refractivity contribution in [3.63, 3.8) is 0 Å². The highest BCUT2D eigenvalue weighted by molar-refractivity contribution is 5.37. The second-order valence-corrected chi connectivity index (χ2v) is 7.40. The van der Waals surface area contributed by atoms with Crippen molar-refractivity contribution in [2.45, 2.75) is 56.4 Å². The van der Waals surface area contributed by atoms with E-state index in [1.54, 1.807) is 11.1 Å². The van der Waals surface area contributed by atoms with Crippen LogP contribution in [0.4, 0.5) is 0 Å². The quantitative estimate of drug-likeness (QED) is 0.828. The molecule has 0 bridgehead atoms. The maximum Gasteiger partial charge on any atom is 0.0575 e. The van der Waals surface area contributed by atoms with E-state index in [4.69, 9.17) is 4.74 Å². The van der Waals surface area contributed by atoms with Crippen molar-refractivity contribution in [2.75, 3.05) is 19.8 Å². The summed E-state index contributed by atoms with van der Waals surface area (Å²) in [7, 11) is 0. The van der Waals surface area contributed by atoms with Crippen molar-refractivity contribution < 1.29 is 4.74 Å². The Hall–Kier alpha value is -0.860. The molecule has 0 aliphatic heterocycles. The van der Waals surface area contributed by atoms with Gasteiger partial charge in [-0.2, -0.15) is 0 Å². The van der Waals surface area contributed by atoms with Crippen LogP contribution in [0.1, 0.15) is 49.7 Å². The highest BCUT2D eigenvalue weighted by Gasteiger charge is 2.38. The van der Waals surface area contributed by atoms with Crippen LogP contribution in [-0.2, 0) is 16.6 Å². The zero-order valence-electron chi connectivity index (χ0n) is 12.9. The van der Waals surface area contributed by atoms with Gasteiger partial charge in [-0.3, -0.25) is 0 Å². The average molecular weight is 285 g/mol. The largest absolute Gasteiger partial charge is 0.380 e. The number of hydrogen-bond donors (Lipinski definition) is 1. The summed E-state index contributed by atoms with van der Waals surface area (Å²) in [4.78, 5) is 0. The summed E-state index contributed by atoms with van der Waals surface area (Å²) < 4.78 is 6.17. The molecule has 0 heterocycles. The van der Waals surface area contributed by atoms with Crippen LogP contribution in [-0.4, -0.2) is 25.8 Å². The maximum absolute atomic E-state index is 6.17. The van der Waals surface area contributed by atoms with Crippen molar-refractivity contribution in [1.29, 1.82) is 0 Å². The molecule has 1 aromatic rings. The van der Waals surface area contributed by atoms with Gasteiger partial charge < -0.3 is 10.1 Å². The van der Waals surface area contributed by atoms with E-state index in [0.29, 0.717) is 0 Å². The zero-order valence-corrected chi connectivity index (χ0v) is 12.9. The van der Waals surface area contributed by atoms with Crippen LogP contribution in [0.2, 0.25) is 0 Å². The highest BCUT2D eigenvalue weighted by atomic mass is 16.5. The smallest absolute Gasteiger partial charge is 0.0575 e. The monoisotopic (exact) mass is 285 g/mol. The van der Waals surface area contributed by atoms with E-state index in [1.807, 2.05) is 0 Å². The van der Waals surface area contributed by atoms with E-state index < -0.39 is 0 Å². The predicted octanol–water partition coefficient (Wildman–Crippen LogP) is 3.44. The SMILES string of the molecule is c1ccc2c(c1)CCCC2(CNC1CC1)COCC1CC1. The first-order valence-electron chi connectivity index (χ1n) is 8.75. The Bertz CT molecular complexity index is 492. The van der Waals surface area contributed by atoms with Crippen LogP contribution in [0.15, 0.2) is 24.3 Å². The van der Waals surface area contributed by atoms with Gasteiger partial charge >= 0.3 is 0 Å². The van der Waals surface area contributed by atoms with Gasteiger partial charge in [-0.1, -0.05) is 24.3 Å². The Kier molecular flexibility index (Phi) is 3.76. The van der Waals surface area contributed by atoms with Gasteiger partial charge in [0.1, 0.15) is 0 Å². The summed E-state index contributed by atoms with van der Waals surface area (Å²) in [6.45, 7) is 2.98. The molecule has 2 heteroatoms. The zero-order chi connectivity index (χ0) is 14.1. The summed E-state index contributed by atoms with van der Waals surface area (Å²) in [5.74, 6) is 0.859. The van der Waals surface area contributed by atoms with E-state index in [2.05, 4.69) is 29.6 Å². The number of aryl methyl sites for hydroxylation is 1. The summed E-state index contributed by atoms with van der Waals surface area (Å²) in [5.41, 5.74) is 3.32. The van der Waals surface area contributed by atoms with E-state index in [-0.39, 0.29) is 5.41 Å². The Balaban J connectivity index is 1.52. The van der Waals surface area contributed by atoms with E-state index >= 15 is 0 Å². The summed E-state index contributed by atoms with van der Waals surface area (Å²) >= 11 is 0. The van der Waals surface area contributed by atoms with Crippen LogP contribution in [0, 0.1) is 5.92 Å². The van der Waals surface area contributed by atoms with E-state index in [0.717, 1.165) is 31.7 Å². The molecule has 2 fully saturated rings. The van der Waals surface area contributed by atoms with Gasteiger partial charge in [-0.05, 0) is 62.0 Å². The fourth-order valence-corrected chi connectivity index (χ4v) is 3.72. The van der Waals surface area contributed by atoms with Gasteiger partial charge in [0.25, 0.3) is 0 Å². The number of fused-ring (bicyclic) bond motifs is 1. The molecule has 2 nitrogen and oxygen atoms in total. The standard InChI is InChI=1S/C19H27NO/c1-2-6-18-16(4-1)5-3-11-19(18,13-20-17-9-10-17)14-21-12-15-7-8-15/h1-2,4,6,15,17,20H,3,5,7-14H2. The van der Waals surface area contributed by atoms with Gasteiger partial charge in [-0.15, -0.1) is 0 Å². The van der Waals surface area contributed by atoms with Crippen molar-refractivity contribution >= 4 is 0 Å². The molecule has 2 saturated carbocycles. The fourth-order valence-electron chi connectivity index (χ4n) is 3.72. The topological polar surface area (TPSA) is 21.3 Å². The highest BCUT2D eigenvalue weighted by Crippen LogP contribution is 2.39. The molecule has 21 heavy (non-hydrogen) atoms. The molecule has 1 N–H and O–H groups in total. The van der Waals surface area contributed by atoms with Gasteiger partial charge in [0.05, 0.1) is 6.61 Å². The number of ether oxygens (including phenoxy) is 1. The Labute approximate surface area is 128 Å². The Morgan fingerprint density at radius 1 is 1.14 bits per heavy atom. The number of nitrogens with one attached hydrogen (secondary N) is 1. The molecular formula is C19H27NO. The van der Waals surface area contributed by atoms with Crippen LogP contribution >= 0.6 is 0 Å². The number of hydrogen-bond acceptors (Lipinski definition) is 2. The van der Waals surface area contributed by atoms with Crippen LogP contribution in [0.5, 0.6) is 0 Å².